The molecule has 2 heterocycles. The normalized spacial score (nSPS) is 26.7. The highest BCUT2D eigenvalue weighted by Crippen LogP contribution is 2.26. The minimum absolute atomic E-state index is 0.116. The smallest absolute Gasteiger partial charge is 0.306 e. The Morgan fingerprint density at radius 2 is 0.955 bits per heavy atom. The van der Waals surface area contributed by atoms with Crippen molar-refractivity contribution < 1.29 is 73.8 Å². The minimum Gasteiger partial charge on any atom is -0.462 e. The van der Waals surface area contributed by atoms with Gasteiger partial charge in [-0.2, -0.15) is 0 Å². The van der Waals surface area contributed by atoms with Crippen molar-refractivity contribution in [1.82, 2.24) is 0 Å². The number of carbonyl (C=O) groups excluding carboxylic acids is 2. The molecule has 0 aromatic rings. The summed E-state index contributed by atoms with van der Waals surface area (Å²) in [5, 5.41) is 72.0. The number of esters is 2. The second-order valence-corrected chi connectivity index (χ2v) is 17.3. The van der Waals surface area contributed by atoms with Crippen molar-refractivity contribution in [2.45, 2.75) is 223 Å². The van der Waals surface area contributed by atoms with Crippen LogP contribution in [0.5, 0.6) is 0 Å². The molecule has 7 N–H and O–H groups in total. The Morgan fingerprint density at radius 3 is 1.53 bits per heavy atom. The van der Waals surface area contributed by atoms with Crippen LogP contribution in [0.4, 0.5) is 0 Å². The second kappa shape index (κ2) is 38.1. The zero-order chi connectivity index (χ0) is 48.2. The maximum atomic E-state index is 13.0. The highest BCUT2D eigenvalue weighted by Gasteiger charge is 2.47. The van der Waals surface area contributed by atoms with Crippen LogP contribution in [0.3, 0.4) is 0 Å². The molecule has 2 saturated heterocycles. The fraction of sp³-hybridized carbons (Fsp3) is 0.765. The van der Waals surface area contributed by atoms with E-state index in [1.807, 2.05) is 0 Å². The van der Waals surface area contributed by atoms with Crippen molar-refractivity contribution >= 4 is 11.9 Å². The van der Waals surface area contributed by atoms with Gasteiger partial charge in [0.05, 0.1) is 19.8 Å². The van der Waals surface area contributed by atoms with Crippen molar-refractivity contribution in [2.75, 3.05) is 26.4 Å². The number of aliphatic hydroxyl groups is 7. The number of aliphatic hydroxyl groups excluding tert-OH is 7. The average molecular weight is 939 g/mol. The third kappa shape index (κ3) is 26.1. The lowest BCUT2D eigenvalue weighted by molar-refractivity contribution is -0.332. The maximum absolute atomic E-state index is 13.0. The number of allylic oxidation sites excluding steroid dienone is 10. The first kappa shape index (κ1) is 59.3. The molecule has 0 amide bonds. The molecule has 0 aromatic carbocycles. The van der Waals surface area contributed by atoms with Crippen LogP contribution in [0, 0.1) is 0 Å². The Labute approximate surface area is 394 Å². The molecule has 2 aliphatic heterocycles. The van der Waals surface area contributed by atoms with E-state index in [4.69, 9.17) is 28.4 Å². The number of carbonyl (C=O) groups is 2. The molecule has 0 radical (unpaired) electrons. The van der Waals surface area contributed by atoms with Crippen LogP contribution in [-0.2, 0) is 38.0 Å². The second-order valence-electron chi connectivity index (χ2n) is 17.3. The number of hydrogen-bond donors (Lipinski definition) is 7. The SMILES string of the molecule is CC/C=C/C/C=C/C/C=C/CCCCCCCC(=O)OC[C@H](CO[C@@H]1O[C@H](CO[C@@H]2O[C@H](CO)[C@H](O)C(O)C2O)[C@H](O)C(O)C1O)OC(=O)CCCC/C=C/C/C=C/CCCCCCCC. The quantitative estimate of drug-likeness (QED) is 0.0201. The van der Waals surface area contributed by atoms with Crippen molar-refractivity contribution in [1.29, 1.82) is 0 Å². The van der Waals surface area contributed by atoms with Crippen LogP contribution in [0.2, 0.25) is 0 Å². The largest absolute Gasteiger partial charge is 0.462 e. The summed E-state index contributed by atoms with van der Waals surface area (Å²) in [7, 11) is 0. The molecule has 380 valence electrons. The summed E-state index contributed by atoms with van der Waals surface area (Å²) >= 11 is 0. The molecule has 4 unspecified atom stereocenters. The first-order valence-electron chi connectivity index (χ1n) is 24.9. The average Bonchev–Trinajstić information content (AvgIpc) is 3.31. The lowest BCUT2D eigenvalue weighted by atomic mass is 9.98. The van der Waals surface area contributed by atoms with Crippen LogP contribution in [0.15, 0.2) is 60.8 Å². The van der Waals surface area contributed by atoms with Gasteiger partial charge in [0.15, 0.2) is 18.7 Å². The van der Waals surface area contributed by atoms with Crippen molar-refractivity contribution in [3.05, 3.63) is 60.8 Å². The van der Waals surface area contributed by atoms with E-state index >= 15 is 0 Å². The predicted octanol–water partition coefficient (Wildman–Crippen LogP) is 6.49. The predicted molar refractivity (Wildman–Crippen MR) is 252 cm³/mol. The Hall–Kier alpha value is -2.80. The van der Waals surface area contributed by atoms with Gasteiger partial charge in [-0.25, -0.2) is 0 Å². The van der Waals surface area contributed by atoms with Crippen molar-refractivity contribution in [3.63, 3.8) is 0 Å². The van der Waals surface area contributed by atoms with Crippen LogP contribution < -0.4 is 0 Å². The molecule has 0 spiro atoms. The van der Waals surface area contributed by atoms with Gasteiger partial charge in [0, 0.05) is 12.8 Å². The lowest BCUT2D eigenvalue weighted by Crippen LogP contribution is -2.61. The highest BCUT2D eigenvalue weighted by atomic mass is 16.7. The van der Waals surface area contributed by atoms with Crippen molar-refractivity contribution in [3.8, 4) is 0 Å². The van der Waals surface area contributed by atoms with E-state index in [0.29, 0.717) is 12.8 Å². The highest BCUT2D eigenvalue weighted by molar-refractivity contribution is 5.70. The summed E-state index contributed by atoms with van der Waals surface area (Å²) < 4.78 is 33.5. The lowest BCUT2D eigenvalue weighted by Gasteiger charge is -2.42. The summed E-state index contributed by atoms with van der Waals surface area (Å²) in [5.74, 6) is -0.988. The summed E-state index contributed by atoms with van der Waals surface area (Å²) in [6.07, 6.45) is 25.4. The zero-order valence-corrected chi connectivity index (χ0v) is 39.9. The summed E-state index contributed by atoms with van der Waals surface area (Å²) in [4.78, 5) is 25.7. The number of unbranched alkanes of at least 4 members (excludes halogenated alkanes) is 13. The Morgan fingerprint density at radius 1 is 0.500 bits per heavy atom. The Bertz CT molecular complexity index is 1380. The fourth-order valence-electron chi connectivity index (χ4n) is 7.38. The maximum Gasteiger partial charge on any atom is 0.306 e. The van der Waals surface area contributed by atoms with E-state index < -0.39 is 99.3 Å². The van der Waals surface area contributed by atoms with E-state index in [1.165, 1.54) is 38.5 Å². The summed E-state index contributed by atoms with van der Waals surface area (Å²) in [5.41, 5.74) is 0. The standard InChI is InChI=1S/C51H86O15/c1-3-5-7-9-11-13-15-17-19-21-23-25-27-29-31-33-42(53)61-36-39(64-43(54)34-32-30-28-26-24-22-20-18-16-14-12-10-8-6-4-2)37-62-50-49(60)47(58)45(56)41(66-50)38-63-51-48(59)46(57)44(55)40(35-52)65-51/h5,7,11,13,17-20,24,26,39-41,44-52,55-60H,3-4,6,8-10,12,14-16,21-23,25,27-38H2,1-2H3/b7-5+,13-11+,19-17+,20-18+,26-24+/t39-,40-,41-,44+,45+,46?,47?,48?,49?,50-,51-/m1/s1. The topological polar surface area (TPSA) is 231 Å². The van der Waals surface area contributed by atoms with Gasteiger partial charge in [-0.1, -0.05) is 126 Å². The van der Waals surface area contributed by atoms with Crippen LogP contribution in [0.25, 0.3) is 0 Å². The summed E-state index contributed by atoms with van der Waals surface area (Å²) in [6.45, 7) is 2.40. The zero-order valence-electron chi connectivity index (χ0n) is 39.9. The number of hydrogen-bond acceptors (Lipinski definition) is 15. The van der Waals surface area contributed by atoms with E-state index in [-0.39, 0.29) is 19.4 Å². The molecular formula is C51H86O15. The number of ether oxygens (including phenoxy) is 6. The van der Waals surface area contributed by atoms with Crippen LogP contribution in [-0.4, -0.2) is 142 Å². The molecule has 15 nitrogen and oxygen atoms in total. The van der Waals surface area contributed by atoms with Gasteiger partial charge in [-0.15, -0.1) is 0 Å². The van der Waals surface area contributed by atoms with Crippen LogP contribution >= 0.6 is 0 Å². The third-order valence-electron chi connectivity index (χ3n) is 11.5. The summed E-state index contributed by atoms with van der Waals surface area (Å²) in [6, 6.07) is 0. The first-order valence-corrected chi connectivity index (χ1v) is 24.9. The molecule has 15 heteroatoms. The van der Waals surface area contributed by atoms with Gasteiger partial charge < -0.3 is 64.2 Å². The van der Waals surface area contributed by atoms with Gasteiger partial charge in [0.25, 0.3) is 0 Å². The molecule has 2 fully saturated rings. The fourth-order valence-corrected chi connectivity index (χ4v) is 7.38. The molecule has 0 bridgehead atoms. The van der Waals surface area contributed by atoms with Crippen molar-refractivity contribution in [2.24, 2.45) is 0 Å². The van der Waals surface area contributed by atoms with E-state index in [9.17, 15) is 45.3 Å². The van der Waals surface area contributed by atoms with E-state index in [0.717, 1.165) is 77.0 Å². The molecule has 11 atom stereocenters. The molecule has 2 rings (SSSR count). The van der Waals surface area contributed by atoms with Gasteiger partial charge in [-0.05, 0) is 77.0 Å². The van der Waals surface area contributed by atoms with Gasteiger partial charge in [-0.3, -0.25) is 9.59 Å². The van der Waals surface area contributed by atoms with Gasteiger partial charge in [0.1, 0.15) is 55.4 Å². The molecule has 0 aliphatic carbocycles. The Kier molecular flexibility index (Phi) is 34.2. The molecule has 2 aliphatic rings. The van der Waals surface area contributed by atoms with Gasteiger partial charge in [0.2, 0.25) is 0 Å². The van der Waals surface area contributed by atoms with Gasteiger partial charge >= 0.3 is 11.9 Å². The molecule has 0 saturated carbocycles. The molecule has 66 heavy (non-hydrogen) atoms. The molecule has 0 aromatic heterocycles. The van der Waals surface area contributed by atoms with Crippen LogP contribution in [0.1, 0.15) is 155 Å². The van der Waals surface area contributed by atoms with E-state index in [2.05, 4.69) is 74.6 Å². The number of rotatable bonds is 37. The monoisotopic (exact) mass is 939 g/mol. The van der Waals surface area contributed by atoms with E-state index in [1.54, 1.807) is 0 Å². The minimum atomic E-state index is -1.78. The Balaban J connectivity index is 1.85. The molecular weight excluding hydrogens is 853 g/mol. The first-order chi connectivity index (χ1) is 32.0. The third-order valence-corrected chi connectivity index (χ3v) is 11.5.